The first-order chi connectivity index (χ1) is 9.07. The molecule has 2 rings (SSSR count). The lowest BCUT2D eigenvalue weighted by Gasteiger charge is -2.11. The average Bonchev–Trinajstić information content (AvgIpc) is 2.58. The highest BCUT2D eigenvalue weighted by molar-refractivity contribution is 5.92. The third-order valence-electron chi connectivity index (χ3n) is 2.76. The van der Waals surface area contributed by atoms with Crippen molar-refractivity contribution in [3.8, 4) is 0 Å². The van der Waals surface area contributed by atoms with Crippen molar-refractivity contribution < 1.29 is 14.6 Å². The van der Waals surface area contributed by atoms with E-state index in [1.54, 1.807) is 37.3 Å². The van der Waals surface area contributed by atoms with Gasteiger partial charge in [-0.05, 0) is 36.8 Å². The molecule has 3 heteroatoms. The van der Waals surface area contributed by atoms with Gasteiger partial charge in [-0.15, -0.1) is 0 Å². The Hall–Kier alpha value is -2.13. The number of aliphatic hydroxyl groups is 1. The van der Waals surface area contributed by atoms with E-state index in [-0.39, 0.29) is 6.61 Å². The van der Waals surface area contributed by atoms with Crippen LogP contribution in [0.2, 0.25) is 0 Å². The second-order valence-electron chi connectivity index (χ2n) is 4.60. The Kier molecular flexibility index (Phi) is 3.97. The molecule has 1 unspecified atom stereocenters. The molecule has 0 saturated heterocycles. The summed E-state index contributed by atoms with van der Waals surface area (Å²) < 4.78 is 5.22. The number of benzene rings is 1. The number of esters is 1. The van der Waals surface area contributed by atoms with Crippen LogP contribution in [-0.4, -0.2) is 16.7 Å². The van der Waals surface area contributed by atoms with Gasteiger partial charge in [0, 0.05) is 0 Å². The van der Waals surface area contributed by atoms with Gasteiger partial charge in [0.2, 0.25) is 0 Å². The van der Waals surface area contributed by atoms with E-state index in [0.29, 0.717) is 5.57 Å². The van der Waals surface area contributed by atoms with Crippen LogP contribution in [0.5, 0.6) is 0 Å². The summed E-state index contributed by atoms with van der Waals surface area (Å²) in [5.41, 5.74) is 0.333. The van der Waals surface area contributed by atoms with Crippen LogP contribution in [0.15, 0.2) is 66.3 Å². The van der Waals surface area contributed by atoms with Crippen LogP contribution in [0.3, 0.4) is 0 Å². The molecular formula is C16H16O3. The summed E-state index contributed by atoms with van der Waals surface area (Å²) in [6, 6.07) is 9.50. The maximum Gasteiger partial charge on any atom is 0.338 e. The Bertz CT molecular complexity index is 536. The molecular weight excluding hydrogens is 240 g/mol. The predicted molar refractivity (Wildman–Crippen MR) is 73.2 cm³/mol. The first kappa shape index (κ1) is 13.3. The molecule has 1 aromatic rings. The molecule has 0 aliphatic heterocycles. The monoisotopic (exact) mass is 256 g/mol. The summed E-state index contributed by atoms with van der Waals surface area (Å²) >= 11 is 0. The highest BCUT2D eigenvalue weighted by Gasteiger charge is 2.16. The first-order valence-corrected chi connectivity index (χ1v) is 6.09. The number of carbonyl (C=O) groups is 1. The number of carbonyl (C=O) groups excluding carboxylic acids is 1. The van der Waals surface area contributed by atoms with Gasteiger partial charge in [0.15, 0.2) is 0 Å². The van der Waals surface area contributed by atoms with Gasteiger partial charge >= 0.3 is 5.97 Å². The topological polar surface area (TPSA) is 46.5 Å². The minimum atomic E-state index is -1.03. The highest BCUT2D eigenvalue weighted by Crippen LogP contribution is 2.15. The second kappa shape index (κ2) is 5.67. The van der Waals surface area contributed by atoms with Crippen LogP contribution in [0, 0.1) is 0 Å². The Morgan fingerprint density at radius 3 is 2.74 bits per heavy atom. The van der Waals surface area contributed by atoms with Crippen molar-refractivity contribution in [1.29, 1.82) is 0 Å². The zero-order valence-electron chi connectivity index (χ0n) is 10.7. The molecule has 1 aromatic carbocycles. The number of hydrogen-bond acceptors (Lipinski definition) is 3. The molecule has 0 amide bonds. The summed E-state index contributed by atoms with van der Waals surface area (Å²) in [7, 11) is 0. The van der Waals surface area contributed by atoms with E-state index < -0.39 is 11.6 Å². The third-order valence-corrected chi connectivity index (χ3v) is 2.76. The van der Waals surface area contributed by atoms with E-state index >= 15 is 0 Å². The molecule has 1 atom stereocenters. The zero-order valence-corrected chi connectivity index (χ0v) is 10.7. The van der Waals surface area contributed by atoms with E-state index in [4.69, 9.17) is 4.74 Å². The van der Waals surface area contributed by atoms with Crippen molar-refractivity contribution >= 4 is 5.97 Å². The van der Waals surface area contributed by atoms with Crippen LogP contribution in [0.25, 0.3) is 0 Å². The van der Waals surface area contributed by atoms with Crippen LogP contribution < -0.4 is 0 Å². The Balaban J connectivity index is 1.98. The molecule has 1 N–H and O–H groups in total. The van der Waals surface area contributed by atoms with Crippen LogP contribution >= 0.6 is 0 Å². The summed E-state index contributed by atoms with van der Waals surface area (Å²) in [6.07, 6.45) is 8.03. The summed E-state index contributed by atoms with van der Waals surface area (Å²) in [5, 5.41) is 9.80. The molecule has 98 valence electrons. The van der Waals surface area contributed by atoms with Gasteiger partial charge in [-0.1, -0.05) is 36.4 Å². The fraction of sp³-hybridized carbons (Fsp3) is 0.188. The molecule has 0 radical (unpaired) electrons. The van der Waals surface area contributed by atoms with Crippen molar-refractivity contribution in [2.75, 3.05) is 0 Å². The largest absolute Gasteiger partial charge is 0.457 e. The van der Waals surface area contributed by atoms with Gasteiger partial charge in [0.25, 0.3) is 0 Å². The summed E-state index contributed by atoms with van der Waals surface area (Å²) in [6.45, 7) is 1.89. The maximum atomic E-state index is 11.9. The lowest BCUT2D eigenvalue weighted by Crippen LogP contribution is -2.16. The minimum absolute atomic E-state index is 0.241. The number of hydrogen-bond donors (Lipinski definition) is 1. The molecule has 0 fully saturated rings. The Morgan fingerprint density at radius 1 is 1.26 bits per heavy atom. The lowest BCUT2D eigenvalue weighted by atomic mass is 10.1. The van der Waals surface area contributed by atoms with Crippen molar-refractivity contribution in [2.45, 2.75) is 19.1 Å². The van der Waals surface area contributed by atoms with E-state index in [2.05, 4.69) is 0 Å². The van der Waals surface area contributed by atoms with Crippen molar-refractivity contribution in [3.05, 3.63) is 71.8 Å². The van der Waals surface area contributed by atoms with Gasteiger partial charge in [0.1, 0.15) is 6.61 Å². The fourth-order valence-corrected chi connectivity index (χ4v) is 1.66. The van der Waals surface area contributed by atoms with Gasteiger partial charge in [0.05, 0.1) is 11.2 Å². The molecule has 0 saturated carbocycles. The molecule has 0 aromatic heterocycles. The van der Waals surface area contributed by atoms with Gasteiger partial charge in [-0.2, -0.15) is 0 Å². The Labute approximate surface area is 112 Å². The minimum Gasteiger partial charge on any atom is -0.457 e. The first-order valence-electron chi connectivity index (χ1n) is 6.09. The van der Waals surface area contributed by atoms with Gasteiger partial charge in [-0.3, -0.25) is 0 Å². The number of allylic oxidation sites excluding steroid dienone is 2. The average molecular weight is 256 g/mol. The smallest absolute Gasteiger partial charge is 0.338 e. The van der Waals surface area contributed by atoms with E-state index in [0.717, 1.165) is 5.56 Å². The highest BCUT2D eigenvalue weighted by atomic mass is 16.5. The van der Waals surface area contributed by atoms with E-state index in [1.807, 2.05) is 30.3 Å². The predicted octanol–water partition coefficient (Wildman–Crippen LogP) is 2.53. The standard InChI is InChI=1S/C16H16O3/c1-16(18)10-5-8-14(9-11-16)15(17)19-12-13-6-3-2-4-7-13/h2-11,18H,12H2,1H3. The van der Waals surface area contributed by atoms with Crippen molar-refractivity contribution in [3.63, 3.8) is 0 Å². The summed E-state index contributed by atoms with van der Waals surface area (Å²) in [5.74, 6) is -0.401. The molecule has 0 heterocycles. The van der Waals surface area contributed by atoms with Gasteiger partial charge in [-0.25, -0.2) is 4.79 Å². The molecule has 3 nitrogen and oxygen atoms in total. The zero-order chi connectivity index (χ0) is 13.7. The number of rotatable bonds is 3. The van der Waals surface area contributed by atoms with Crippen LogP contribution in [0.1, 0.15) is 12.5 Å². The molecule has 19 heavy (non-hydrogen) atoms. The number of ether oxygens (including phenoxy) is 1. The SMILES string of the molecule is CC1(O)C=CC=C(C(=O)OCc2ccccc2)C=C1. The molecule has 1 aliphatic rings. The van der Waals surface area contributed by atoms with Crippen molar-refractivity contribution in [2.24, 2.45) is 0 Å². The fourth-order valence-electron chi connectivity index (χ4n) is 1.66. The maximum absolute atomic E-state index is 11.9. The molecule has 1 aliphatic carbocycles. The molecule has 0 bridgehead atoms. The van der Waals surface area contributed by atoms with E-state index in [1.165, 1.54) is 0 Å². The quantitative estimate of drug-likeness (QED) is 0.845. The second-order valence-corrected chi connectivity index (χ2v) is 4.60. The normalized spacial score (nSPS) is 21.7. The summed E-state index contributed by atoms with van der Waals surface area (Å²) in [4.78, 5) is 11.9. The third kappa shape index (κ3) is 3.93. The lowest BCUT2D eigenvalue weighted by molar-refractivity contribution is -0.139. The van der Waals surface area contributed by atoms with Crippen LogP contribution in [0.4, 0.5) is 0 Å². The van der Waals surface area contributed by atoms with E-state index in [9.17, 15) is 9.90 Å². The van der Waals surface area contributed by atoms with Crippen LogP contribution in [-0.2, 0) is 16.1 Å². The Morgan fingerprint density at radius 2 is 2.00 bits per heavy atom. The van der Waals surface area contributed by atoms with Gasteiger partial charge < -0.3 is 9.84 Å². The molecule has 0 spiro atoms. The van der Waals surface area contributed by atoms with Crippen molar-refractivity contribution in [1.82, 2.24) is 0 Å².